The first kappa shape index (κ1) is 36.4. The van der Waals surface area contributed by atoms with Gasteiger partial charge in [0.2, 0.25) is 5.91 Å². The molecular formula is C37H45Cl2N3O5. The van der Waals surface area contributed by atoms with E-state index in [0.29, 0.717) is 67.2 Å². The lowest BCUT2D eigenvalue weighted by atomic mass is 9.97. The number of hydrogen-bond donors (Lipinski definition) is 1. The van der Waals surface area contributed by atoms with Crippen LogP contribution in [-0.4, -0.2) is 56.9 Å². The number of unbranched alkanes of at least 4 members (excludes halogenated alkanes) is 1. The number of nitrogens with two attached hydrogens (primary N) is 1. The zero-order chi connectivity index (χ0) is 33.6. The van der Waals surface area contributed by atoms with E-state index in [9.17, 15) is 4.79 Å². The molecule has 0 spiro atoms. The lowest BCUT2D eigenvalue weighted by Crippen LogP contribution is -2.41. The van der Waals surface area contributed by atoms with Crippen LogP contribution in [0.4, 0.5) is 0 Å². The van der Waals surface area contributed by atoms with Crippen LogP contribution in [0.1, 0.15) is 54.4 Å². The first-order valence-corrected chi connectivity index (χ1v) is 17.0. The van der Waals surface area contributed by atoms with Crippen molar-refractivity contribution >= 4 is 29.1 Å². The molecule has 0 aliphatic heterocycles. The molecule has 2 N–H and O–H groups in total. The molecular weight excluding hydrogens is 637 g/mol. The van der Waals surface area contributed by atoms with Crippen LogP contribution in [0.2, 0.25) is 10.0 Å². The summed E-state index contributed by atoms with van der Waals surface area (Å²) in [4.78, 5) is 15.9. The van der Waals surface area contributed by atoms with Gasteiger partial charge in [-0.1, -0.05) is 41.4 Å². The molecule has 0 aromatic heterocycles. The van der Waals surface area contributed by atoms with Gasteiger partial charge in [0, 0.05) is 39.3 Å². The van der Waals surface area contributed by atoms with Crippen molar-refractivity contribution in [3.8, 4) is 23.3 Å². The molecule has 1 unspecified atom stereocenters. The molecule has 1 amide bonds. The summed E-state index contributed by atoms with van der Waals surface area (Å²) in [6, 6.07) is 19.9. The number of ether oxygens (including phenoxy) is 4. The minimum atomic E-state index is -0.341. The fraction of sp³-hybridized carbons (Fsp3) is 0.459. The number of carbonyl (C=O) groups is 1. The number of rotatable bonds is 20. The third-order valence-corrected chi connectivity index (χ3v) is 8.51. The topological polar surface area (TPSA) is 107 Å². The van der Waals surface area contributed by atoms with Crippen LogP contribution < -0.4 is 19.9 Å². The average Bonchev–Trinajstić information content (AvgIpc) is 3.90. The van der Waals surface area contributed by atoms with Crippen LogP contribution in [0.5, 0.6) is 17.2 Å². The number of hydrogen-bond acceptors (Lipinski definition) is 7. The number of aryl methyl sites for hydroxylation is 2. The van der Waals surface area contributed by atoms with Crippen LogP contribution in [0.15, 0.2) is 54.6 Å². The second kappa shape index (κ2) is 18.8. The van der Waals surface area contributed by atoms with Gasteiger partial charge in [-0.15, -0.1) is 0 Å². The predicted octanol–water partition coefficient (Wildman–Crippen LogP) is 7.33. The second-order valence-corrected chi connectivity index (χ2v) is 12.7. The summed E-state index contributed by atoms with van der Waals surface area (Å²) in [5, 5.41) is 9.80. The molecule has 3 aromatic rings. The number of halogens is 2. The number of amides is 1. The Morgan fingerprint density at radius 2 is 1.60 bits per heavy atom. The van der Waals surface area contributed by atoms with Crippen LogP contribution in [0.3, 0.4) is 0 Å². The molecule has 1 fully saturated rings. The Bertz CT molecular complexity index is 1470. The first-order chi connectivity index (χ1) is 22.8. The van der Waals surface area contributed by atoms with Gasteiger partial charge in [0.05, 0.1) is 28.6 Å². The molecule has 4 rings (SSSR count). The van der Waals surface area contributed by atoms with Gasteiger partial charge in [-0.3, -0.25) is 4.79 Å². The van der Waals surface area contributed by atoms with Gasteiger partial charge in [0.15, 0.2) is 5.75 Å². The molecule has 1 atom stereocenters. The van der Waals surface area contributed by atoms with Crippen molar-refractivity contribution in [2.24, 2.45) is 11.7 Å². The summed E-state index contributed by atoms with van der Waals surface area (Å²) < 4.78 is 22.8. The Kier molecular flexibility index (Phi) is 14.5. The molecule has 3 aromatic carbocycles. The van der Waals surface area contributed by atoms with E-state index in [0.717, 1.165) is 53.7 Å². The molecule has 8 nitrogen and oxygen atoms in total. The quantitative estimate of drug-likeness (QED) is 0.124. The minimum Gasteiger partial charge on any atom is -0.494 e. The lowest BCUT2D eigenvalue weighted by Gasteiger charge is -2.27. The van der Waals surface area contributed by atoms with Crippen molar-refractivity contribution in [1.82, 2.24) is 4.90 Å². The summed E-state index contributed by atoms with van der Waals surface area (Å²) in [5.74, 6) is 1.65. The standard InChI is InChI=1S/C37H45Cl2N3O5/c1-26-18-34(38)36(35(39)19-26)47-17-16-46-32-11-7-27(8-12-32)21-30(24-41)37(43)42(31-9-10-31)25-29-20-28(6-5-14-44-2)22-33(23-29)45-15-4-3-13-40/h7-8,11-12,18-20,22-23,30-31H,3-6,9-10,14-17,21,24-25,41H2,1-2H3. The van der Waals surface area contributed by atoms with Gasteiger partial charge in [-0.05, 0) is 104 Å². The van der Waals surface area contributed by atoms with E-state index < -0.39 is 0 Å². The second-order valence-electron chi connectivity index (χ2n) is 11.9. The van der Waals surface area contributed by atoms with E-state index in [4.69, 9.17) is 53.1 Å². The van der Waals surface area contributed by atoms with Crippen molar-refractivity contribution in [3.63, 3.8) is 0 Å². The van der Waals surface area contributed by atoms with Crippen molar-refractivity contribution in [2.75, 3.05) is 40.1 Å². The van der Waals surface area contributed by atoms with E-state index in [2.05, 4.69) is 12.1 Å². The van der Waals surface area contributed by atoms with Gasteiger partial charge >= 0.3 is 0 Å². The molecule has 1 aliphatic rings. The SMILES string of the molecule is COCCCc1cc(CN(C(=O)C(CN)Cc2ccc(OCCOc3c(Cl)cc(C)cc3Cl)cc2)C2CC2)cc(OCCCC#N)c1. The van der Waals surface area contributed by atoms with Crippen LogP contribution in [0, 0.1) is 24.2 Å². The molecule has 10 heteroatoms. The third-order valence-electron chi connectivity index (χ3n) is 7.95. The molecule has 252 valence electrons. The largest absolute Gasteiger partial charge is 0.494 e. The number of methoxy groups -OCH3 is 1. The molecule has 0 radical (unpaired) electrons. The van der Waals surface area contributed by atoms with Crippen LogP contribution in [-0.2, 0) is 28.9 Å². The minimum absolute atomic E-state index is 0.0715. The van der Waals surface area contributed by atoms with Crippen molar-refractivity contribution in [2.45, 2.75) is 64.5 Å². The number of carbonyl (C=O) groups excluding carboxylic acids is 1. The number of nitriles is 1. The van der Waals surface area contributed by atoms with E-state index in [1.807, 2.05) is 60.4 Å². The van der Waals surface area contributed by atoms with Gasteiger partial charge < -0.3 is 29.6 Å². The highest BCUT2D eigenvalue weighted by Gasteiger charge is 2.35. The highest BCUT2D eigenvalue weighted by atomic mass is 35.5. The highest BCUT2D eigenvalue weighted by Crippen LogP contribution is 2.34. The predicted molar refractivity (Wildman–Crippen MR) is 185 cm³/mol. The summed E-state index contributed by atoms with van der Waals surface area (Å²) in [6.45, 7) is 4.43. The Morgan fingerprint density at radius 3 is 2.26 bits per heavy atom. The Morgan fingerprint density at radius 1 is 0.915 bits per heavy atom. The maximum absolute atomic E-state index is 13.9. The fourth-order valence-electron chi connectivity index (χ4n) is 5.42. The molecule has 0 bridgehead atoms. The summed E-state index contributed by atoms with van der Waals surface area (Å²) in [6.07, 6.45) is 5.39. The molecule has 0 heterocycles. The van der Waals surface area contributed by atoms with Gasteiger partial charge in [0.25, 0.3) is 0 Å². The Balaban J connectivity index is 1.35. The maximum Gasteiger partial charge on any atom is 0.227 e. The zero-order valence-electron chi connectivity index (χ0n) is 27.3. The maximum atomic E-state index is 13.9. The Labute approximate surface area is 288 Å². The number of nitrogens with zero attached hydrogens (tertiary/aromatic N) is 2. The van der Waals surface area contributed by atoms with Gasteiger partial charge in [0.1, 0.15) is 24.7 Å². The first-order valence-electron chi connectivity index (χ1n) is 16.2. The summed E-state index contributed by atoms with van der Waals surface area (Å²) in [5.41, 5.74) is 10.3. The van der Waals surface area contributed by atoms with Crippen molar-refractivity contribution in [3.05, 3.63) is 86.9 Å². The van der Waals surface area contributed by atoms with E-state index in [-0.39, 0.29) is 31.0 Å². The van der Waals surface area contributed by atoms with Crippen molar-refractivity contribution < 1.29 is 23.7 Å². The molecule has 1 aliphatic carbocycles. The van der Waals surface area contributed by atoms with E-state index >= 15 is 0 Å². The fourth-order valence-corrected chi connectivity index (χ4v) is 6.12. The van der Waals surface area contributed by atoms with Gasteiger partial charge in [-0.2, -0.15) is 5.26 Å². The van der Waals surface area contributed by atoms with Gasteiger partial charge in [-0.25, -0.2) is 0 Å². The third kappa shape index (κ3) is 11.6. The molecule has 47 heavy (non-hydrogen) atoms. The average molecular weight is 683 g/mol. The normalized spacial score (nSPS) is 13.1. The molecule has 1 saturated carbocycles. The number of benzene rings is 3. The zero-order valence-corrected chi connectivity index (χ0v) is 28.8. The van der Waals surface area contributed by atoms with Crippen molar-refractivity contribution in [1.29, 1.82) is 5.26 Å². The van der Waals surface area contributed by atoms with E-state index in [1.165, 1.54) is 0 Å². The Hall–Kier alpha value is -3.48. The lowest BCUT2D eigenvalue weighted by molar-refractivity contribution is -0.136. The van der Waals surface area contributed by atoms with Crippen LogP contribution >= 0.6 is 23.2 Å². The van der Waals surface area contributed by atoms with E-state index in [1.54, 1.807) is 7.11 Å². The molecule has 0 saturated heterocycles. The van der Waals surface area contributed by atoms with Crippen LogP contribution in [0.25, 0.3) is 0 Å². The smallest absolute Gasteiger partial charge is 0.227 e. The summed E-state index contributed by atoms with van der Waals surface area (Å²) in [7, 11) is 1.70. The summed E-state index contributed by atoms with van der Waals surface area (Å²) >= 11 is 12.5. The monoisotopic (exact) mass is 681 g/mol. The highest BCUT2D eigenvalue weighted by molar-refractivity contribution is 6.37.